The van der Waals surface area contributed by atoms with Crippen molar-refractivity contribution in [3.8, 4) is 0 Å². The fraction of sp³-hybridized carbons (Fsp3) is 0.158. The molecule has 0 aliphatic rings. The number of methoxy groups -OCH3 is 1. The number of ether oxygens (including phenoxy) is 1. The van der Waals surface area contributed by atoms with Crippen molar-refractivity contribution in [2.75, 3.05) is 12.4 Å². The number of hydrogen-bond acceptors (Lipinski definition) is 3. The molecule has 3 aromatic rings. The summed E-state index contributed by atoms with van der Waals surface area (Å²) in [5, 5.41) is 4.25. The number of aryl methyl sites for hydroxylation is 1. The van der Waals surface area contributed by atoms with Crippen molar-refractivity contribution in [3.63, 3.8) is 0 Å². The molecule has 0 saturated heterocycles. The number of esters is 1. The van der Waals surface area contributed by atoms with Crippen LogP contribution in [0.3, 0.4) is 0 Å². The number of rotatable bonds is 5. The van der Waals surface area contributed by atoms with Crippen LogP contribution in [0.5, 0.6) is 0 Å². The zero-order chi connectivity index (χ0) is 17.8. The number of anilines is 1. The van der Waals surface area contributed by atoms with Crippen molar-refractivity contribution in [3.05, 3.63) is 65.3 Å². The number of amides is 1. The van der Waals surface area contributed by atoms with E-state index in [4.69, 9.17) is 11.6 Å². The van der Waals surface area contributed by atoms with Crippen molar-refractivity contribution in [1.29, 1.82) is 0 Å². The van der Waals surface area contributed by atoms with Gasteiger partial charge in [-0.2, -0.15) is 0 Å². The predicted molar refractivity (Wildman–Crippen MR) is 98.0 cm³/mol. The Bertz CT molecular complexity index is 933. The average Bonchev–Trinajstić information content (AvgIpc) is 3.04. The summed E-state index contributed by atoms with van der Waals surface area (Å²) < 4.78 is 6.70. The third-order valence-electron chi connectivity index (χ3n) is 3.92. The van der Waals surface area contributed by atoms with Gasteiger partial charge in [0.25, 0.3) is 0 Å². The van der Waals surface area contributed by atoms with Gasteiger partial charge in [-0.25, -0.2) is 4.79 Å². The van der Waals surface area contributed by atoms with Crippen LogP contribution in [0.15, 0.2) is 54.7 Å². The van der Waals surface area contributed by atoms with Crippen LogP contribution in [0.25, 0.3) is 10.9 Å². The average molecular weight is 357 g/mol. The molecular weight excluding hydrogens is 340 g/mol. The molecule has 3 rings (SSSR count). The van der Waals surface area contributed by atoms with Gasteiger partial charge in [0.15, 0.2) is 0 Å². The Morgan fingerprint density at radius 2 is 1.96 bits per heavy atom. The second kappa shape index (κ2) is 7.40. The second-order valence-corrected chi connectivity index (χ2v) is 5.96. The first-order chi connectivity index (χ1) is 12.1. The number of nitrogens with one attached hydrogen (secondary N) is 1. The Morgan fingerprint density at radius 3 is 2.76 bits per heavy atom. The Morgan fingerprint density at radius 1 is 1.16 bits per heavy atom. The van der Waals surface area contributed by atoms with Crippen LogP contribution in [0.2, 0.25) is 5.02 Å². The maximum Gasteiger partial charge on any atom is 0.337 e. The molecule has 0 radical (unpaired) electrons. The quantitative estimate of drug-likeness (QED) is 0.700. The molecular formula is C19H17ClN2O3. The van der Waals surface area contributed by atoms with Gasteiger partial charge in [-0.1, -0.05) is 29.8 Å². The summed E-state index contributed by atoms with van der Waals surface area (Å²) in [5.41, 5.74) is 1.81. The number of nitrogens with zero attached hydrogens (tertiary/aromatic N) is 1. The molecule has 1 N–H and O–H groups in total. The van der Waals surface area contributed by atoms with E-state index in [0.717, 1.165) is 10.9 Å². The van der Waals surface area contributed by atoms with Gasteiger partial charge in [-0.3, -0.25) is 4.79 Å². The van der Waals surface area contributed by atoms with Crippen LogP contribution in [-0.2, 0) is 16.1 Å². The highest BCUT2D eigenvalue weighted by molar-refractivity contribution is 6.33. The highest BCUT2D eigenvalue weighted by Crippen LogP contribution is 2.24. The van der Waals surface area contributed by atoms with Gasteiger partial charge in [0.2, 0.25) is 5.91 Å². The lowest BCUT2D eigenvalue weighted by molar-refractivity contribution is -0.116. The Kier molecular flexibility index (Phi) is 5.05. The minimum absolute atomic E-state index is 0.179. The van der Waals surface area contributed by atoms with Crippen molar-refractivity contribution in [1.82, 2.24) is 4.57 Å². The summed E-state index contributed by atoms with van der Waals surface area (Å²) in [7, 11) is 1.30. The van der Waals surface area contributed by atoms with Crippen molar-refractivity contribution < 1.29 is 14.3 Å². The summed E-state index contributed by atoms with van der Waals surface area (Å²) >= 11 is 6.09. The number of para-hydroxylation sites is 1. The molecule has 25 heavy (non-hydrogen) atoms. The molecule has 0 atom stereocenters. The van der Waals surface area contributed by atoms with Crippen molar-refractivity contribution in [2.24, 2.45) is 0 Å². The number of carbonyl (C=O) groups is 2. The normalized spacial score (nSPS) is 10.6. The lowest BCUT2D eigenvalue weighted by atomic mass is 10.2. The maximum absolute atomic E-state index is 12.2. The SMILES string of the molecule is COC(=O)c1ccc(Cl)c(NC(=O)CCn2ccc3ccccc32)c1. The monoisotopic (exact) mass is 356 g/mol. The summed E-state index contributed by atoms with van der Waals surface area (Å²) in [4.78, 5) is 23.8. The van der Waals surface area contributed by atoms with Gasteiger partial charge in [0.05, 0.1) is 23.4 Å². The van der Waals surface area contributed by atoms with Gasteiger partial charge < -0.3 is 14.6 Å². The third kappa shape index (κ3) is 3.83. The molecule has 0 aliphatic carbocycles. The minimum Gasteiger partial charge on any atom is -0.465 e. The van der Waals surface area contributed by atoms with Crippen LogP contribution < -0.4 is 5.32 Å². The highest BCUT2D eigenvalue weighted by Gasteiger charge is 2.11. The lowest BCUT2D eigenvalue weighted by Crippen LogP contribution is -2.15. The largest absolute Gasteiger partial charge is 0.465 e. The molecule has 1 amide bonds. The molecule has 0 bridgehead atoms. The van der Waals surface area contributed by atoms with E-state index in [2.05, 4.69) is 10.1 Å². The molecule has 6 heteroatoms. The minimum atomic E-state index is -0.481. The number of fused-ring (bicyclic) bond motifs is 1. The topological polar surface area (TPSA) is 60.3 Å². The smallest absolute Gasteiger partial charge is 0.337 e. The van der Waals surface area contributed by atoms with E-state index in [0.29, 0.717) is 22.8 Å². The van der Waals surface area contributed by atoms with Crippen LogP contribution in [0.4, 0.5) is 5.69 Å². The number of benzene rings is 2. The van der Waals surface area contributed by atoms with E-state index in [1.54, 1.807) is 12.1 Å². The fourth-order valence-corrected chi connectivity index (χ4v) is 2.80. The maximum atomic E-state index is 12.2. The van der Waals surface area contributed by atoms with Gasteiger partial charge in [-0.15, -0.1) is 0 Å². The number of carbonyl (C=O) groups excluding carboxylic acids is 2. The summed E-state index contributed by atoms with van der Waals surface area (Å²) in [6, 6.07) is 14.6. The summed E-state index contributed by atoms with van der Waals surface area (Å²) in [6.45, 7) is 0.549. The van der Waals surface area contributed by atoms with Crippen LogP contribution in [-0.4, -0.2) is 23.6 Å². The Labute approximate surface area is 150 Å². The zero-order valence-corrected chi connectivity index (χ0v) is 14.4. The van der Waals surface area contributed by atoms with Crippen molar-refractivity contribution in [2.45, 2.75) is 13.0 Å². The van der Waals surface area contributed by atoms with E-state index in [9.17, 15) is 9.59 Å². The van der Waals surface area contributed by atoms with Gasteiger partial charge >= 0.3 is 5.97 Å². The molecule has 0 unspecified atom stereocenters. The number of halogens is 1. The van der Waals surface area contributed by atoms with Crippen molar-refractivity contribution >= 4 is 40.1 Å². The van der Waals surface area contributed by atoms with Gasteiger partial charge in [-0.05, 0) is 35.7 Å². The lowest BCUT2D eigenvalue weighted by Gasteiger charge is -2.10. The standard InChI is InChI=1S/C19H17ClN2O3/c1-25-19(24)14-6-7-15(20)16(12-14)21-18(23)9-11-22-10-8-13-4-2-3-5-17(13)22/h2-8,10,12H,9,11H2,1H3,(H,21,23). The molecule has 128 valence electrons. The Hall–Kier alpha value is -2.79. The molecule has 0 fully saturated rings. The fourth-order valence-electron chi connectivity index (χ4n) is 2.64. The summed E-state index contributed by atoms with van der Waals surface area (Å²) in [6.07, 6.45) is 2.25. The van der Waals surface area contributed by atoms with E-state index in [1.807, 2.05) is 41.1 Å². The van der Waals surface area contributed by atoms with E-state index >= 15 is 0 Å². The first-order valence-corrected chi connectivity index (χ1v) is 8.18. The predicted octanol–water partition coefficient (Wildman–Crippen LogP) is 4.11. The molecule has 1 aromatic heterocycles. The molecule has 0 saturated carbocycles. The third-order valence-corrected chi connectivity index (χ3v) is 4.25. The first-order valence-electron chi connectivity index (χ1n) is 7.80. The van der Waals surface area contributed by atoms with Gasteiger partial charge in [0, 0.05) is 24.7 Å². The molecule has 1 heterocycles. The Balaban J connectivity index is 1.67. The molecule has 0 spiro atoms. The molecule has 2 aromatic carbocycles. The number of aromatic nitrogens is 1. The van der Waals surface area contributed by atoms with Crippen LogP contribution >= 0.6 is 11.6 Å². The number of hydrogen-bond donors (Lipinski definition) is 1. The van der Waals surface area contributed by atoms with E-state index in [1.165, 1.54) is 13.2 Å². The van der Waals surface area contributed by atoms with E-state index in [-0.39, 0.29) is 12.3 Å². The molecule has 0 aliphatic heterocycles. The van der Waals surface area contributed by atoms with Crippen LogP contribution in [0, 0.1) is 0 Å². The second-order valence-electron chi connectivity index (χ2n) is 5.55. The van der Waals surface area contributed by atoms with E-state index < -0.39 is 5.97 Å². The molecule has 5 nitrogen and oxygen atoms in total. The first kappa shape index (κ1) is 17.0. The van der Waals surface area contributed by atoms with Crippen LogP contribution in [0.1, 0.15) is 16.8 Å². The summed E-state index contributed by atoms with van der Waals surface area (Å²) in [5.74, 6) is -0.660. The van der Waals surface area contributed by atoms with Gasteiger partial charge in [0.1, 0.15) is 0 Å². The highest BCUT2D eigenvalue weighted by atomic mass is 35.5. The zero-order valence-electron chi connectivity index (χ0n) is 13.7.